The lowest BCUT2D eigenvalue weighted by Gasteiger charge is -2.00. The molecule has 0 bridgehead atoms. The van der Waals surface area contributed by atoms with Crippen LogP contribution in [-0.2, 0) is 0 Å². The SMILES string of the molecule is CC[C@@H](N)c1nc(-c2cccc(OC)c2)no1. The van der Waals surface area contributed by atoms with Crippen LogP contribution in [0.2, 0.25) is 0 Å². The van der Waals surface area contributed by atoms with Gasteiger partial charge >= 0.3 is 0 Å². The van der Waals surface area contributed by atoms with Crippen LogP contribution in [-0.4, -0.2) is 17.3 Å². The van der Waals surface area contributed by atoms with E-state index in [-0.39, 0.29) is 6.04 Å². The number of hydrogen-bond donors (Lipinski definition) is 1. The third-order valence-electron chi connectivity index (χ3n) is 2.53. The van der Waals surface area contributed by atoms with E-state index in [0.29, 0.717) is 11.7 Å². The predicted molar refractivity (Wildman–Crippen MR) is 63.5 cm³/mol. The number of rotatable bonds is 4. The molecular weight excluding hydrogens is 218 g/mol. The lowest BCUT2D eigenvalue weighted by atomic mass is 10.2. The summed E-state index contributed by atoms with van der Waals surface area (Å²) in [5, 5.41) is 3.91. The van der Waals surface area contributed by atoms with E-state index in [1.165, 1.54) is 0 Å². The second-order valence-electron chi connectivity index (χ2n) is 3.70. The van der Waals surface area contributed by atoms with Crippen LogP contribution in [0.3, 0.4) is 0 Å². The maximum atomic E-state index is 5.82. The highest BCUT2D eigenvalue weighted by molar-refractivity contribution is 5.56. The van der Waals surface area contributed by atoms with Gasteiger partial charge in [-0.05, 0) is 18.6 Å². The van der Waals surface area contributed by atoms with Crippen molar-refractivity contribution in [1.29, 1.82) is 0 Å². The molecule has 5 heteroatoms. The fraction of sp³-hybridized carbons (Fsp3) is 0.333. The van der Waals surface area contributed by atoms with Gasteiger partial charge in [0, 0.05) is 5.56 Å². The zero-order valence-electron chi connectivity index (χ0n) is 9.88. The molecule has 0 radical (unpaired) electrons. The number of methoxy groups -OCH3 is 1. The zero-order chi connectivity index (χ0) is 12.3. The summed E-state index contributed by atoms with van der Waals surface area (Å²) in [5.74, 6) is 1.75. The average Bonchev–Trinajstić information content (AvgIpc) is 2.87. The van der Waals surface area contributed by atoms with Crippen LogP contribution in [0.4, 0.5) is 0 Å². The Morgan fingerprint density at radius 2 is 2.29 bits per heavy atom. The van der Waals surface area contributed by atoms with Crippen LogP contribution in [0.5, 0.6) is 5.75 Å². The molecule has 17 heavy (non-hydrogen) atoms. The van der Waals surface area contributed by atoms with Gasteiger partial charge in [-0.1, -0.05) is 24.2 Å². The second-order valence-corrected chi connectivity index (χ2v) is 3.70. The largest absolute Gasteiger partial charge is 0.497 e. The van der Waals surface area contributed by atoms with Gasteiger partial charge < -0.3 is 15.0 Å². The van der Waals surface area contributed by atoms with E-state index in [2.05, 4.69) is 10.1 Å². The van der Waals surface area contributed by atoms with Crippen LogP contribution < -0.4 is 10.5 Å². The Labute approximate surface area is 99.6 Å². The van der Waals surface area contributed by atoms with Crippen molar-refractivity contribution in [2.75, 3.05) is 7.11 Å². The van der Waals surface area contributed by atoms with E-state index in [0.717, 1.165) is 17.7 Å². The van der Waals surface area contributed by atoms with Crippen LogP contribution in [0.25, 0.3) is 11.4 Å². The lowest BCUT2D eigenvalue weighted by molar-refractivity contribution is 0.352. The second kappa shape index (κ2) is 4.97. The van der Waals surface area contributed by atoms with Crippen molar-refractivity contribution in [3.8, 4) is 17.1 Å². The van der Waals surface area contributed by atoms with Crippen molar-refractivity contribution >= 4 is 0 Å². The minimum Gasteiger partial charge on any atom is -0.497 e. The highest BCUT2D eigenvalue weighted by Gasteiger charge is 2.14. The summed E-state index contributed by atoms with van der Waals surface area (Å²) < 4.78 is 10.3. The smallest absolute Gasteiger partial charge is 0.243 e. The van der Waals surface area contributed by atoms with Gasteiger partial charge in [0.15, 0.2) is 0 Å². The van der Waals surface area contributed by atoms with E-state index in [4.69, 9.17) is 15.0 Å². The van der Waals surface area contributed by atoms with Crippen LogP contribution in [0, 0.1) is 0 Å². The first-order valence-corrected chi connectivity index (χ1v) is 5.48. The number of benzene rings is 1. The first-order valence-electron chi connectivity index (χ1n) is 5.48. The molecule has 0 unspecified atom stereocenters. The molecule has 1 heterocycles. The van der Waals surface area contributed by atoms with Crippen molar-refractivity contribution in [3.63, 3.8) is 0 Å². The standard InChI is InChI=1S/C12H15N3O2/c1-3-10(13)12-14-11(15-17-12)8-5-4-6-9(7-8)16-2/h4-7,10H,3,13H2,1-2H3/t10-/m1/s1. The molecule has 1 aromatic carbocycles. The first-order chi connectivity index (χ1) is 8.24. The van der Waals surface area contributed by atoms with E-state index >= 15 is 0 Å². The zero-order valence-corrected chi connectivity index (χ0v) is 9.88. The monoisotopic (exact) mass is 233 g/mol. The molecular formula is C12H15N3O2. The molecule has 2 N–H and O–H groups in total. The maximum Gasteiger partial charge on any atom is 0.243 e. The molecule has 0 aliphatic carbocycles. The number of nitrogens with two attached hydrogens (primary N) is 1. The molecule has 0 aliphatic heterocycles. The quantitative estimate of drug-likeness (QED) is 0.875. The normalized spacial score (nSPS) is 12.4. The van der Waals surface area contributed by atoms with Crippen molar-refractivity contribution in [2.24, 2.45) is 5.73 Å². The molecule has 90 valence electrons. The molecule has 0 aliphatic rings. The molecule has 0 saturated heterocycles. The van der Waals surface area contributed by atoms with E-state index in [1.807, 2.05) is 31.2 Å². The minimum atomic E-state index is -0.207. The summed E-state index contributed by atoms with van der Waals surface area (Å²) in [5.41, 5.74) is 6.67. The van der Waals surface area contributed by atoms with E-state index < -0.39 is 0 Å². The Kier molecular flexibility index (Phi) is 3.39. The van der Waals surface area contributed by atoms with Crippen LogP contribution >= 0.6 is 0 Å². The Balaban J connectivity index is 2.30. The Hall–Kier alpha value is -1.88. The summed E-state index contributed by atoms with van der Waals surface area (Å²) in [7, 11) is 1.62. The summed E-state index contributed by atoms with van der Waals surface area (Å²) in [4.78, 5) is 4.27. The fourth-order valence-corrected chi connectivity index (χ4v) is 1.44. The maximum absolute atomic E-state index is 5.82. The fourth-order valence-electron chi connectivity index (χ4n) is 1.44. The minimum absolute atomic E-state index is 0.207. The van der Waals surface area contributed by atoms with Gasteiger partial charge in [-0.3, -0.25) is 0 Å². The number of aromatic nitrogens is 2. The molecule has 0 fully saturated rings. The Bertz CT molecular complexity index is 496. The van der Waals surface area contributed by atoms with Gasteiger partial charge in [0.25, 0.3) is 0 Å². The molecule has 0 saturated carbocycles. The predicted octanol–water partition coefficient (Wildman–Crippen LogP) is 2.16. The molecule has 2 aromatic rings. The van der Waals surface area contributed by atoms with Crippen molar-refractivity contribution in [3.05, 3.63) is 30.2 Å². The number of nitrogens with zero attached hydrogens (tertiary/aromatic N) is 2. The van der Waals surface area contributed by atoms with Gasteiger partial charge in [0.2, 0.25) is 11.7 Å². The molecule has 1 aromatic heterocycles. The van der Waals surface area contributed by atoms with Gasteiger partial charge in [0.1, 0.15) is 5.75 Å². The van der Waals surface area contributed by atoms with Crippen LogP contribution in [0.15, 0.2) is 28.8 Å². The van der Waals surface area contributed by atoms with Crippen molar-refractivity contribution in [2.45, 2.75) is 19.4 Å². The number of hydrogen-bond acceptors (Lipinski definition) is 5. The van der Waals surface area contributed by atoms with E-state index in [9.17, 15) is 0 Å². The Morgan fingerprint density at radius 3 is 3.00 bits per heavy atom. The topological polar surface area (TPSA) is 74.2 Å². The van der Waals surface area contributed by atoms with E-state index in [1.54, 1.807) is 7.11 Å². The Morgan fingerprint density at radius 1 is 1.47 bits per heavy atom. The molecule has 5 nitrogen and oxygen atoms in total. The third-order valence-corrected chi connectivity index (χ3v) is 2.53. The molecule has 0 spiro atoms. The van der Waals surface area contributed by atoms with Gasteiger partial charge in [-0.25, -0.2) is 0 Å². The van der Waals surface area contributed by atoms with Gasteiger partial charge in [-0.2, -0.15) is 4.98 Å². The summed E-state index contributed by atoms with van der Waals surface area (Å²) in [6, 6.07) is 7.29. The highest BCUT2D eigenvalue weighted by Crippen LogP contribution is 2.22. The van der Waals surface area contributed by atoms with Crippen molar-refractivity contribution < 1.29 is 9.26 Å². The molecule has 0 amide bonds. The summed E-state index contributed by atoms with van der Waals surface area (Å²) >= 11 is 0. The lowest BCUT2D eigenvalue weighted by Crippen LogP contribution is -2.08. The average molecular weight is 233 g/mol. The molecule has 2 rings (SSSR count). The van der Waals surface area contributed by atoms with Gasteiger partial charge in [0.05, 0.1) is 13.2 Å². The van der Waals surface area contributed by atoms with Crippen LogP contribution in [0.1, 0.15) is 25.3 Å². The third kappa shape index (κ3) is 2.45. The number of ether oxygens (including phenoxy) is 1. The molecule has 1 atom stereocenters. The highest BCUT2D eigenvalue weighted by atomic mass is 16.5. The summed E-state index contributed by atoms with van der Waals surface area (Å²) in [6.45, 7) is 1.97. The van der Waals surface area contributed by atoms with Gasteiger partial charge in [-0.15, -0.1) is 0 Å². The summed E-state index contributed by atoms with van der Waals surface area (Å²) in [6.07, 6.45) is 0.764. The first kappa shape index (κ1) is 11.6. The van der Waals surface area contributed by atoms with Crippen molar-refractivity contribution in [1.82, 2.24) is 10.1 Å².